The topological polar surface area (TPSA) is 228 Å². The van der Waals surface area contributed by atoms with Crippen molar-refractivity contribution in [1.82, 2.24) is 5.32 Å². The van der Waals surface area contributed by atoms with E-state index in [4.69, 9.17) is 18.9 Å². The summed E-state index contributed by atoms with van der Waals surface area (Å²) in [5, 5.41) is 87.4. The smallest absolute Gasteiger partial charge is 0.220 e. The first-order valence-electron chi connectivity index (χ1n) is 35.3. The molecule has 1 amide bonds. The molecule has 0 aliphatic carbocycles. The Bertz CT molecular complexity index is 1780. The van der Waals surface area contributed by atoms with Crippen molar-refractivity contribution in [3.63, 3.8) is 0 Å². The van der Waals surface area contributed by atoms with Gasteiger partial charge in [-0.05, 0) is 77.0 Å². The third-order valence-corrected chi connectivity index (χ3v) is 16.8. The van der Waals surface area contributed by atoms with Crippen LogP contribution in [0.1, 0.15) is 277 Å². The molecule has 14 nitrogen and oxygen atoms in total. The zero-order valence-corrected chi connectivity index (χ0v) is 54.7. The van der Waals surface area contributed by atoms with E-state index in [-0.39, 0.29) is 18.9 Å². The lowest BCUT2D eigenvalue weighted by Gasteiger charge is -2.46. The molecule has 12 atom stereocenters. The number of amides is 1. The first kappa shape index (κ1) is 80.3. The van der Waals surface area contributed by atoms with E-state index >= 15 is 0 Å². The fourth-order valence-electron chi connectivity index (χ4n) is 11.2. The second kappa shape index (κ2) is 57.1. The molecule has 0 aromatic carbocycles. The Morgan fingerprint density at radius 1 is 0.425 bits per heavy atom. The molecule has 2 aliphatic rings. The highest BCUT2D eigenvalue weighted by molar-refractivity contribution is 5.76. The average Bonchev–Trinajstić information content (AvgIpc) is 2.58. The molecule has 0 radical (unpaired) electrons. The Labute approximate surface area is 529 Å². The molecule has 14 heteroatoms. The number of carbonyl (C=O) groups is 1. The van der Waals surface area contributed by atoms with E-state index < -0.39 is 86.8 Å². The van der Waals surface area contributed by atoms with Gasteiger partial charge in [-0.15, -0.1) is 0 Å². The number of hydrogen-bond acceptors (Lipinski definition) is 13. The lowest BCUT2D eigenvalue weighted by molar-refractivity contribution is -0.359. The van der Waals surface area contributed by atoms with E-state index in [1.165, 1.54) is 173 Å². The molecule has 0 spiro atoms. The maximum atomic E-state index is 13.3. The van der Waals surface area contributed by atoms with Crippen molar-refractivity contribution in [1.29, 1.82) is 0 Å². The highest BCUT2D eigenvalue weighted by atomic mass is 16.7. The fraction of sp³-hybridized carbons (Fsp3) is 0.795. The molecule has 0 aromatic heterocycles. The highest BCUT2D eigenvalue weighted by Gasteiger charge is 2.51. The van der Waals surface area contributed by atoms with Crippen molar-refractivity contribution in [2.24, 2.45) is 0 Å². The minimum Gasteiger partial charge on any atom is -0.394 e. The van der Waals surface area contributed by atoms with Gasteiger partial charge in [0.25, 0.3) is 0 Å². The Hall–Kier alpha value is -2.83. The Morgan fingerprint density at radius 2 is 0.805 bits per heavy atom. The summed E-state index contributed by atoms with van der Waals surface area (Å²) in [7, 11) is 0. The third kappa shape index (κ3) is 41.3. The minimum atomic E-state index is -1.80. The summed E-state index contributed by atoms with van der Waals surface area (Å²) in [6, 6.07) is -0.940. The number of allylic oxidation sites excluding steroid dienone is 13. The van der Waals surface area contributed by atoms with Gasteiger partial charge in [0.15, 0.2) is 12.6 Å². The number of unbranched alkanes of at least 4 members (excludes halogenated alkanes) is 32. The Balaban J connectivity index is 1.70. The van der Waals surface area contributed by atoms with Crippen LogP contribution in [0.25, 0.3) is 0 Å². The van der Waals surface area contributed by atoms with Crippen LogP contribution < -0.4 is 5.32 Å². The van der Waals surface area contributed by atoms with E-state index in [1.807, 2.05) is 6.08 Å². The van der Waals surface area contributed by atoms with Crippen LogP contribution in [0.2, 0.25) is 0 Å². The number of ether oxygens (including phenoxy) is 4. The predicted molar refractivity (Wildman–Crippen MR) is 355 cm³/mol. The first-order valence-corrected chi connectivity index (χ1v) is 35.3. The Morgan fingerprint density at radius 3 is 1.26 bits per heavy atom. The molecule has 9 N–H and O–H groups in total. The highest BCUT2D eigenvalue weighted by Crippen LogP contribution is 2.30. The van der Waals surface area contributed by atoms with E-state index in [1.54, 1.807) is 6.08 Å². The van der Waals surface area contributed by atoms with Crippen LogP contribution in [0.5, 0.6) is 0 Å². The molecular weight excluding hydrogens is 1100 g/mol. The number of rotatable bonds is 57. The summed E-state index contributed by atoms with van der Waals surface area (Å²) in [6.07, 6.45) is 62.0. The number of carbonyl (C=O) groups excluding carboxylic acids is 1. The molecule has 0 aromatic rings. The summed E-state index contributed by atoms with van der Waals surface area (Å²) >= 11 is 0. The van der Waals surface area contributed by atoms with Crippen LogP contribution in [0.3, 0.4) is 0 Å². The monoisotopic (exact) mass is 1230 g/mol. The zero-order valence-electron chi connectivity index (χ0n) is 54.7. The van der Waals surface area contributed by atoms with Crippen molar-refractivity contribution >= 4 is 5.91 Å². The van der Waals surface area contributed by atoms with Gasteiger partial charge in [-0.25, -0.2) is 0 Å². The van der Waals surface area contributed by atoms with Gasteiger partial charge in [-0.3, -0.25) is 4.79 Å². The van der Waals surface area contributed by atoms with Crippen molar-refractivity contribution in [2.75, 3.05) is 19.8 Å². The maximum absolute atomic E-state index is 13.3. The lowest BCUT2D eigenvalue weighted by atomic mass is 9.97. The second-order valence-electron chi connectivity index (χ2n) is 24.6. The Kier molecular flexibility index (Phi) is 52.7. The quantitative estimate of drug-likeness (QED) is 0.0204. The SMILES string of the molecule is CC/C=C\C/C=C\C/C=C\C/C=C\C/C=C\CCCCCCCCCCCCCC(=O)NC(COC1OC(CO)C(OC2OC(CO)C(O)C(O)C2O)C(O)C1O)C(O)/C=C/CC/C=C/CCCCCCCCCCCCCCCCCCCCCC. The minimum absolute atomic E-state index is 0.253. The van der Waals surface area contributed by atoms with Gasteiger partial charge < -0.3 is 65.1 Å². The average molecular weight is 1230 g/mol. The van der Waals surface area contributed by atoms with Crippen LogP contribution >= 0.6 is 0 Å². The largest absolute Gasteiger partial charge is 0.394 e. The van der Waals surface area contributed by atoms with Crippen LogP contribution in [-0.4, -0.2) is 140 Å². The van der Waals surface area contributed by atoms with Gasteiger partial charge in [0.2, 0.25) is 5.91 Å². The molecule has 2 aliphatic heterocycles. The molecule has 2 fully saturated rings. The van der Waals surface area contributed by atoms with Crippen LogP contribution in [-0.2, 0) is 23.7 Å². The molecule has 504 valence electrons. The van der Waals surface area contributed by atoms with E-state index in [0.717, 1.165) is 70.6 Å². The molecular formula is C73H129NO13. The number of aliphatic hydroxyl groups is 8. The molecule has 2 heterocycles. The van der Waals surface area contributed by atoms with Gasteiger partial charge in [0, 0.05) is 6.42 Å². The summed E-state index contributed by atoms with van der Waals surface area (Å²) < 4.78 is 22.8. The van der Waals surface area contributed by atoms with E-state index in [2.05, 4.69) is 92.1 Å². The second-order valence-corrected chi connectivity index (χ2v) is 24.6. The predicted octanol–water partition coefficient (Wildman–Crippen LogP) is 14.4. The normalized spacial score (nSPS) is 23.8. The summed E-state index contributed by atoms with van der Waals surface area (Å²) in [6.45, 7) is 2.69. The fourth-order valence-corrected chi connectivity index (χ4v) is 11.2. The first-order chi connectivity index (χ1) is 42.6. The zero-order chi connectivity index (χ0) is 63.1. The molecule has 2 saturated heterocycles. The molecule has 2 rings (SSSR count). The van der Waals surface area contributed by atoms with Crippen LogP contribution in [0.4, 0.5) is 0 Å². The van der Waals surface area contributed by atoms with Crippen molar-refractivity contribution in [3.8, 4) is 0 Å². The van der Waals surface area contributed by atoms with Gasteiger partial charge in [-0.2, -0.15) is 0 Å². The lowest BCUT2D eigenvalue weighted by Crippen LogP contribution is -2.65. The van der Waals surface area contributed by atoms with Crippen molar-refractivity contribution < 1.29 is 64.6 Å². The molecule has 12 unspecified atom stereocenters. The van der Waals surface area contributed by atoms with Gasteiger partial charge in [0.1, 0.15) is 48.8 Å². The van der Waals surface area contributed by atoms with Gasteiger partial charge in [-0.1, -0.05) is 279 Å². The standard InChI is InChI=1S/C73H129NO13/c1-3-5-7-9-11-13-15-17-19-21-23-25-27-29-31-33-35-37-39-41-43-45-47-49-51-53-55-57-65(78)74-61(60-84-72-70(83)68(81)71(64(59-76)86-72)87-73-69(82)67(80)66(79)63(58-75)85-73)62(77)56-54-52-50-48-46-44-42-40-38-36-34-32-30-28-26-24-22-20-18-16-14-12-10-8-6-4-2/h5,7,11,13,17,19,23,25,29,31,46,48,54,56,61-64,66-73,75-77,79-83H,3-4,6,8-10,12,14-16,18,20-22,24,26-28,30,32-45,47,49-53,55,57-60H2,1-2H3,(H,74,78)/b7-5-,13-11-,19-17-,25-23-,31-29-,48-46+,56-54+. The van der Waals surface area contributed by atoms with Crippen molar-refractivity contribution in [2.45, 2.75) is 351 Å². The summed E-state index contributed by atoms with van der Waals surface area (Å²) in [5.41, 5.74) is 0. The van der Waals surface area contributed by atoms with Crippen molar-refractivity contribution in [3.05, 3.63) is 85.1 Å². The number of nitrogens with one attached hydrogen (secondary N) is 1. The van der Waals surface area contributed by atoms with Gasteiger partial charge in [0.05, 0.1) is 32.0 Å². The third-order valence-electron chi connectivity index (χ3n) is 16.8. The van der Waals surface area contributed by atoms with E-state index in [9.17, 15) is 45.6 Å². The molecule has 87 heavy (non-hydrogen) atoms. The summed E-state index contributed by atoms with van der Waals surface area (Å²) in [4.78, 5) is 13.3. The van der Waals surface area contributed by atoms with E-state index in [0.29, 0.717) is 12.8 Å². The maximum Gasteiger partial charge on any atom is 0.220 e. The van der Waals surface area contributed by atoms with Gasteiger partial charge >= 0.3 is 0 Å². The number of hydrogen-bond donors (Lipinski definition) is 9. The van der Waals surface area contributed by atoms with Crippen LogP contribution in [0.15, 0.2) is 85.1 Å². The molecule has 0 saturated carbocycles. The summed E-state index contributed by atoms with van der Waals surface area (Å²) in [5.74, 6) is -0.253. The van der Waals surface area contributed by atoms with Crippen LogP contribution in [0, 0.1) is 0 Å². The molecule has 0 bridgehead atoms. The number of aliphatic hydroxyl groups excluding tert-OH is 8.